The zero-order valence-corrected chi connectivity index (χ0v) is 19.3. The Morgan fingerprint density at radius 2 is 1.76 bits per heavy atom. The molecule has 1 saturated heterocycles. The zero-order valence-electron chi connectivity index (χ0n) is 19.3. The van der Waals surface area contributed by atoms with Crippen molar-refractivity contribution in [3.8, 4) is 17.1 Å². The number of ether oxygens (including phenoxy) is 1. The number of nitrogens with zero attached hydrogens (tertiary/aromatic N) is 3. The molecule has 5 rings (SSSR count). The normalized spacial score (nSPS) is 16.2. The van der Waals surface area contributed by atoms with E-state index in [9.17, 15) is 0 Å². The SMILES string of the molecule is COc1ccc(-c2nc(NC[C@@H]3CCN(Cc4ccc(C)cc4)C3)c3ccccc3n2)cc1. The van der Waals surface area contributed by atoms with E-state index in [0.717, 1.165) is 60.0 Å². The molecule has 0 saturated carbocycles. The average Bonchev–Trinajstić information content (AvgIpc) is 3.31. The van der Waals surface area contributed by atoms with Crippen molar-refractivity contribution in [1.29, 1.82) is 0 Å². The Labute approximate surface area is 195 Å². The number of likely N-dealkylation sites (tertiary alicyclic amines) is 1. The summed E-state index contributed by atoms with van der Waals surface area (Å²) < 4.78 is 5.29. The van der Waals surface area contributed by atoms with Crippen molar-refractivity contribution >= 4 is 16.7 Å². The van der Waals surface area contributed by atoms with Gasteiger partial charge >= 0.3 is 0 Å². The van der Waals surface area contributed by atoms with Gasteiger partial charge < -0.3 is 10.1 Å². The van der Waals surface area contributed by atoms with Crippen LogP contribution in [0.15, 0.2) is 72.8 Å². The van der Waals surface area contributed by atoms with Crippen LogP contribution in [0, 0.1) is 12.8 Å². The molecule has 1 atom stereocenters. The Balaban J connectivity index is 1.29. The summed E-state index contributed by atoms with van der Waals surface area (Å²) in [4.78, 5) is 12.3. The van der Waals surface area contributed by atoms with Crippen molar-refractivity contribution in [2.24, 2.45) is 5.92 Å². The van der Waals surface area contributed by atoms with Crippen LogP contribution in [0.4, 0.5) is 5.82 Å². The number of methoxy groups -OCH3 is 1. The Morgan fingerprint density at radius 1 is 0.970 bits per heavy atom. The number of hydrogen-bond acceptors (Lipinski definition) is 5. The van der Waals surface area contributed by atoms with Gasteiger partial charge in [0.1, 0.15) is 11.6 Å². The van der Waals surface area contributed by atoms with E-state index in [1.54, 1.807) is 7.11 Å². The molecular formula is C28H30N4O. The molecule has 0 radical (unpaired) electrons. The highest BCUT2D eigenvalue weighted by Gasteiger charge is 2.22. The molecule has 0 unspecified atom stereocenters. The predicted octanol–water partition coefficient (Wildman–Crippen LogP) is 5.55. The second-order valence-electron chi connectivity index (χ2n) is 8.90. The van der Waals surface area contributed by atoms with Crippen LogP contribution in [0.2, 0.25) is 0 Å². The molecule has 3 aromatic carbocycles. The molecule has 2 heterocycles. The lowest BCUT2D eigenvalue weighted by Gasteiger charge is -2.17. The summed E-state index contributed by atoms with van der Waals surface area (Å²) in [5.41, 5.74) is 4.64. The average molecular weight is 439 g/mol. The van der Waals surface area contributed by atoms with Crippen molar-refractivity contribution in [3.05, 3.63) is 83.9 Å². The largest absolute Gasteiger partial charge is 0.497 e. The summed E-state index contributed by atoms with van der Waals surface area (Å²) in [6.07, 6.45) is 1.20. The summed E-state index contributed by atoms with van der Waals surface area (Å²) >= 11 is 0. The number of nitrogens with one attached hydrogen (secondary N) is 1. The van der Waals surface area contributed by atoms with Crippen LogP contribution >= 0.6 is 0 Å². The maximum atomic E-state index is 5.29. The van der Waals surface area contributed by atoms with Crippen molar-refractivity contribution < 1.29 is 4.74 Å². The van der Waals surface area contributed by atoms with Crippen molar-refractivity contribution in [3.63, 3.8) is 0 Å². The van der Waals surface area contributed by atoms with Crippen molar-refractivity contribution in [2.75, 3.05) is 32.1 Å². The molecule has 1 aliphatic heterocycles. The zero-order chi connectivity index (χ0) is 22.6. The van der Waals surface area contributed by atoms with E-state index in [0.29, 0.717) is 5.92 Å². The molecule has 5 heteroatoms. The first kappa shape index (κ1) is 21.4. The first-order valence-corrected chi connectivity index (χ1v) is 11.6. The third kappa shape index (κ3) is 4.99. The fraction of sp³-hybridized carbons (Fsp3) is 0.286. The van der Waals surface area contributed by atoms with Gasteiger partial charge in [0.25, 0.3) is 0 Å². The second kappa shape index (κ2) is 9.59. The number of anilines is 1. The Hall–Kier alpha value is -3.44. The molecule has 0 spiro atoms. The minimum atomic E-state index is 0.605. The number of aromatic nitrogens is 2. The molecule has 1 N–H and O–H groups in total. The van der Waals surface area contributed by atoms with Crippen LogP contribution in [0.25, 0.3) is 22.3 Å². The van der Waals surface area contributed by atoms with Crippen LogP contribution in [0.3, 0.4) is 0 Å². The molecule has 4 aromatic rings. The van der Waals surface area contributed by atoms with E-state index >= 15 is 0 Å². The summed E-state index contributed by atoms with van der Waals surface area (Å²) in [6, 6.07) is 25.0. The van der Waals surface area contributed by atoms with Gasteiger partial charge in [-0.15, -0.1) is 0 Å². The number of benzene rings is 3. The molecule has 0 amide bonds. The van der Waals surface area contributed by atoms with Gasteiger partial charge in [0.2, 0.25) is 0 Å². The number of rotatable bonds is 7. The Bertz CT molecular complexity index is 1220. The highest BCUT2D eigenvalue weighted by molar-refractivity contribution is 5.90. The third-order valence-electron chi connectivity index (χ3n) is 6.41. The highest BCUT2D eigenvalue weighted by atomic mass is 16.5. The smallest absolute Gasteiger partial charge is 0.162 e. The van der Waals surface area contributed by atoms with Gasteiger partial charge in [0.15, 0.2) is 5.82 Å². The lowest BCUT2D eigenvalue weighted by atomic mass is 10.1. The molecule has 1 aromatic heterocycles. The van der Waals surface area contributed by atoms with E-state index in [-0.39, 0.29) is 0 Å². The van der Waals surface area contributed by atoms with Crippen molar-refractivity contribution in [2.45, 2.75) is 19.9 Å². The minimum Gasteiger partial charge on any atom is -0.497 e. The molecular weight excluding hydrogens is 408 g/mol. The van der Waals surface area contributed by atoms with Gasteiger partial charge in [-0.3, -0.25) is 4.90 Å². The van der Waals surface area contributed by atoms with Crippen LogP contribution in [-0.2, 0) is 6.54 Å². The standard InChI is InChI=1S/C28H30N4O/c1-20-7-9-21(10-8-20)18-32-16-15-22(19-32)17-29-28-25-5-3-4-6-26(25)30-27(31-28)23-11-13-24(33-2)14-12-23/h3-14,22H,15-19H2,1-2H3,(H,29,30,31)/t22-/m0/s1. The van der Waals surface area contributed by atoms with Crippen LogP contribution < -0.4 is 10.1 Å². The number of para-hydroxylation sites is 1. The van der Waals surface area contributed by atoms with Gasteiger partial charge in [0, 0.05) is 30.6 Å². The van der Waals surface area contributed by atoms with Gasteiger partial charge in [-0.25, -0.2) is 9.97 Å². The Morgan fingerprint density at radius 3 is 2.55 bits per heavy atom. The van der Waals surface area contributed by atoms with Crippen LogP contribution in [0.1, 0.15) is 17.5 Å². The summed E-state index contributed by atoms with van der Waals surface area (Å²) in [6.45, 7) is 6.32. The number of hydrogen-bond donors (Lipinski definition) is 1. The lowest BCUT2D eigenvalue weighted by molar-refractivity contribution is 0.319. The second-order valence-corrected chi connectivity index (χ2v) is 8.90. The molecule has 5 nitrogen and oxygen atoms in total. The monoisotopic (exact) mass is 438 g/mol. The molecule has 168 valence electrons. The van der Waals surface area contributed by atoms with E-state index in [4.69, 9.17) is 14.7 Å². The van der Waals surface area contributed by atoms with Gasteiger partial charge in [-0.1, -0.05) is 42.0 Å². The topological polar surface area (TPSA) is 50.3 Å². The maximum Gasteiger partial charge on any atom is 0.162 e. The lowest BCUT2D eigenvalue weighted by Crippen LogP contribution is -2.23. The third-order valence-corrected chi connectivity index (χ3v) is 6.41. The maximum absolute atomic E-state index is 5.29. The first-order chi connectivity index (χ1) is 16.2. The highest BCUT2D eigenvalue weighted by Crippen LogP contribution is 2.27. The molecule has 1 fully saturated rings. The summed E-state index contributed by atoms with van der Waals surface area (Å²) in [7, 11) is 1.68. The van der Waals surface area contributed by atoms with Gasteiger partial charge in [-0.2, -0.15) is 0 Å². The minimum absolute atomic E-state index is 0.605. The van der Waals surface area contributed by atoms with Gasteiger partial charge in [0.05, 0.1) is 12.6 Å². The van der Waals surface area contributed by atoms with Crippen molar-refractivity contribution in [1.82, 2.24) is 14.9 Å². The van der Waals surface area contributed by atoms with Crippen LogP contribution in [0.5, 0.6) is 5.75 Å². The molecule has 1 aliphatic rings. The number of fused-ring (bicyclic) bond motifs is 1. The van der Waals surface area contributed by atoms with E-state index in [2.05, 4.69) is 47.5 Å². The fourth-order valence-electron chi connectivity index (χ4n) is 4.50. The first-order valence-electron chi connectivity index (χ1n) is 11.6. The Kier molecular flexibility index (Phi) is 6.22. The van der Waals surface area contributed by atoms with Gasteiger partial charge in [-0.05, 0) is 67.8 Å². The van der Waals surface area contributed by atoms with E-state index < -0.39 is 0 Å². The molecule has 33 heavy (non-hydrogen) atoms. The summed E-state index contributed by atoms with van der Waals surface area (Å²) in [5, 5.41) is 4.71. The number of aryl methyl sites for hydroxylation is 1. The summed E-state index contributed by atoms with van der Waals surface area (Å²) in [5.74, 6) is 3.07. The fourth-order valence-corrected chi connectivity index (χ4v) is 4.50. The predicted molar refractivity (Wildman–Crippen MR) is 135 cm³/mol. The quantitative estimate of drug-likeness (QED) is 0.410. The van der Waals surface area contributed by atoms with E-state index in [1.807, 2.05) is 42.5 Å². The molecule has 0 bridgehead atoms. The van der Waals surface area contributed by atoms with Crippen LogP contribution in [-0.4, -0.2) is 41.6 Å². The molecule has 0 aliphatic carbocycles. The van der Waals surface area contributed by atoms with E-state index in [1.165, 1.54) is 17.5 Å².